The third-order valence-electron chi connectivity index (χ3n) is 2.77. The highest BCUT2D eigenvalue weighted by atomic mass is 32.2. The standard InChI is InChI=1S/C13H21N3S/c1-3-5-8-17-12-9-11(14-4-2)15-13(16-12)10-6-7-10/h9-10H,3-8H2,1-2H3,(H,14,15,16). The molecule has 3 nitrogen and oxygen atoms in total. The Kier molecular flexibility index (Phi) is 4.66. The maximum atomic E-state index is 4.66. The predicted octanol–water partition coefficient (Wildman–Crippen LogP) is 3.68. The predicted molar refractivity (Wildman–Crippen MR) is 73.8 cm³/mol. The summed E-state index contributed by atoms with van der Waals surface area (Å²) in [5, 5.41) is 4.43. The molecule has 1 N–H and O–H groups in total. The summed E-state index contributed by atoms with van der Waals surface area (Å²) in [7, 11) is 0. The molecule has 94 valence electrons. The van der Waals surface area contributed by atoms with E-state index in [0.717, 1.165) is 29.0 Å². The van der Waals surface area contributed by atoms with E-state index < -0.39 is 0 Å². The molecular formula is C13H21N3S. The summed E-state index contributed by atoms with van der Waals surface area (Å²) in [6.07, 6.45) is 5.01. The van der Waals surface area contributed by atoms with E-state index >= 15 is 0 Å². The van der Waals surface area contributed by atoms with Gasteiger partial charge in [-0.15, -0.1) is 11.8 Å². The van der Waals surface area contributed by atoms with Gasteiger partial charge >= 0.3 is 0 Å². The number of hydrogen-bond acceptors (Lipinski definition) is 4. The zero-order valence-corrected chi connectivity index (χ0v) is 11.5. The van der Waals surface area contributed by atoms with Crippen LogP contribution in [0.2, 0.25) is 0 Å². The van der Waals surface area contributed by atoms with Gasteiger partial charge in [-0.25, -0.2) is 9.97 Å². The van der Waals surface area contributed by atoms with E-state index in [9.17, 15) is 0 Å². The molecule has 0 atom stereocenters. The van der Waals surface area contributed by atoms with Crippen molar-refractivity contribution in [2.75, 3.05) is 17.6 Å². The monoisotopic (exact) mass is 251 g/mol. The number of aromatic nitrogens is 2. The van der Waals surface area contributed by atoms with Crippen molar-refractivity contribution in [1.29, 1.82) is 0 Å². The molecule has 0 spiro atoms. The first-order valence-electron chi connectivity index (χ1n) is 6.59. The van der Waals surface area contributed by atoms with E-state index in [2.05, 4.69) is 35.2 Å². The molecule has 0 radical (unpaired) electrons. The first-order chi connectivity index (χ1) is 8.33. The quantitative estimate of drug-likeness (QED) is 0.456. The molecule has 1 heterocycles. The molecule has 0 aromatic carbocycles. The molecule has 1 aliphatic carbocycles. The van der Waals surface area contributed by atoms with Gasteiger partial charge in [-0.05, 0) is 31.9 Å². The number of rotatable bonds is 7. The minimum absolute atomic E-state index is 0.624. The SMILES string of the molecule is CCCCSc1cc(NCC)nc(C2CC2)n1. The number of anilines is 1. The van der Waals surface area contributed by atoms with Crippen molar-refractivity contribution in [2.24, 2.45) is 0 Å². The molecule has 0 amide bonds. The molecule has 2 rings (SSSR count). The number of nitrogens with one attached hydrogen (secondary N) is 1. The van der Waals surface area contributed by atoms with Crippen molar-refractivity contribution in [2.45, 2.75) is 50.5 Å². The summed E-state index contributed by atoms with van der Waals surface area (Å²) in [5.41, 5.74) is 0. The zero-order valence-electron chi connectivity index (χ0n) is 10.7. The van der Waals surface area contributed by atoms with E-state index in [4.69, 9.17) is 0 Å². The molecule has 4 heteroatoms. The fourth-order valence-electron chi connectivity index (χ4n) is 1.63. The Balaban J connectivity index is 2.06. The lowest BCUT2D eigenvalue weighted by atomic mass is 10.4. The second-order valence-corrected chi connectivity index (χ2v) is 5.57. The van der Waals surface area contributed by atoms with Gasteiger partial charge in [0.1, 0.15) is 16.7 Å². The molecule has 1 fully saturated rings. The Bertz CT molecular complexity index is 364. The molecule has 0 saturated heterocycles. The van der Waals surface area contributed by atoms with Gasteiger partial charge in [-0.2, -0.15) is 0 Å². The first-order valence-corrected chi connectivity index (χ1v) is 7.57. The Morgan fingerprint density at radius 2 is 2.18 bits per heavy atom. The van der Waals surface area contributed by atoms with Crippen LogP contribution in [0, 0.1) is 0 Å². The lowest BCUT2D eigenvalue weighted by molar-refractivity contribution is 0.868. The molecule has 0 bridgehead atoms. The fraction of sp³-hybridized carbons (Fsp3) is 0.692. The van der Waals surface area contributed by atoms with Crippen LogP contribution in [0.4, 0.5) is 5.82 Å². The van der Waals surface area contributed by atoms with Gasteiger partial charge in [-0.3, -0.25) is 0 Å². The van der Waals surface area contributed by atoms with Crippen molar-refractivity contribution in [3.8, 4) is 0 Å². The number of nitrogens with zero attached hydrogens (tertiary/aromatic N) is 2. The summed E-state index contributed by atoms with van der Waals surface area (Å²) in [6, 6.07) is 2.08. The molecule has 0 unspecified atom stereocenters. The van der Waals surface area contributed by atoms with Crippen molar-refractivity contribution < 1.29 is 0 Å². The molecule has 1 aromatic heterocycles. The van der Waals surface area contributed by atoms with Gasteiger partial charge < -0.3 is 5.32 Å². The first kappa shape index (κ1) is 12.7. The largest absolute Gasteiger partial charge is 0.370 e. The van der Waals surface area contributed by atoms with E-state index in [1.165, 1.54) is 25.7 Å². The van der Waals surface area contributed by atoms with Crippen LogP contribution in [-0.4, -0.2) is 22.3 Å². The lowest BCUT2D eigenvalue weighted by Crippen LogP contribution is -2.03. The van der Waals surface area contributed by atoms with Crippen molar-refractivity contribution in [1.82, 2.24) is 9.97 Å². The van der Waals surface area contributed by atoms with Gasteiger partial charge in [0.2, 0.25) is 0 Å². The molecule has 0 aliphatic heterocycles. The van der Waals surface area contributed by atoms with Crippen molar-refractivity contribution in [3.05, 3.63) is 11.9 Å². The normalized spacial score (nSPS) is 14.9. The maximum absolute atomic E-state index is 4.66. The minimum Gasteiger partial charge on any atom is -0.370 e. The summed E-state index contributed by atoms with van der Waals surface area (Å²) in [4.78, 5) is 9.24. The molecule has 1 aromatic rings. The minimum atomic E-state index is 0.624. The van der Waals surface area contributed by atoms with Crippen LogP contribution in [0.15, 0.2) is 11.1 Å². The second-order valence-electron chi connectivity index (χ2n) is 4.46. The van der Waals surface area contributed by atoms with E-state index in [1.54, 1.807) is 0 Å². The van der Waals surface area contributed by atoms with Crippen molar-refractivity contribution >= 4 is 17.6 Å². The summed E-state index contributed by atoms with van der Waals surface area (Å²) < 4.78 is 0. The summed E-state index contributed by atoms with van der Waals surface area (Å²) in [5.74, 6) is 3.81. The third kappa shape index (κ3) is 3.87. The Morgan fingerprint density at radius 3 is 2.82 bits per heavy atom. The van der Waals surface area contributed by atoms with Crippen LogP contribution in [0.25, 0.3) is 0 Å². The average molecular weight is 251 g/mol. The van der Waals surface area contributed by atoms with E-state index in [0.29, 0.717) is 5.92 Å². The van der Waals surface area contributed by atoms with Gasteiger partial charge in [-0.1, -0.05) is 13.3 Å². The average Bonchev–Trinajstić information content (AvgIpc) is 3.13. The molecule has 1 saturated carbocycles. The topological polar surface area (TPSA) is 37.8 Å². The van der Waals surface area contributed by atoms with Gasteiger partial charge in [0.05, 0.1) is 0 Å². The third-order valence-corrected chi connectivity index (χ3v) is 3.77. The Labute approximate surface area is 108 Å². The van der Waals surface area contributed by atoms with Crippen LogP contribution < -0.4 is 5.32 Å². The van der Waals surface area contributed by atoms with Gasteiger partial charge in [0.15, 0.2) is 0 Å². The summed E-state index contributed by atoms with van der Waals surface area (Å²) in [6.45, 7) is 5.24. The fourth-order valence-corrected chi connectivity index (χ4v) is 2.63. The maximum Gasteiger partial charge on any atom is 0.135 e. The van der Waals surface area contributed by atoms with Crippen LogP contribution >= 0.6 is 11.8 Å². The van der Waals surface area contributed by atoms with E-state index in [-0.39, 0.29) is 0 Å². The number of hydrogen-bond donors (Lipinski definition) is 1. The Hall–Kier alpha value is -0.770. The smallest absolute Gasteiger partial charge is 0.135 e. The number of thioether (sulfide) groups is 1. The second kappa shape index (κ2) is 6.24. The molecule has 1 aliphatic rings. The van der Waals surface area contributed by atoms with Crippen molar-refractivity contribution in [3.63, 3.8) is 0 Å². The van der Waals surface area contributed by atoms with Crippen LogP contribution in [0.3, 0.4) is 0 Å². The van der Waals surface area contributed by atoms with Crippen LogP contribution in [0.1, 0.15) is 51.3 Å². The highest BCUT2D eigenvalue weighted by Gasteiger charge is 2.27. The van der Waals surface area contributed by atoms with Crippen LogP contribution in [0.5, 0.6) is 0 Å². The zero-order chi connectivity index (χ0) is 12.1. The molecular weight excluding hydrogens is 230 g/mol. The van der Waals surface area contributed by atoms with Crippen LogP contribution in [-0.2, 0) is 0 Å². The summed E-state index contributed by atoms with van der Waals surface area (Å²) >= 11 is 1.85. The molecule has 17 heavy (non-hydrogen) atoms. The van der Waals surface area contributed by atoms with Gasteiger partial charge in [0, 0.05) is 18.5 Å². The highest BCUT2D eigenvalue weighted by molar-refractivity contribution is 7.99. The van der Waals surface area contributed by atoms with E-state index in [1.807, 2.05) is 11.8 Å². The lowest BCUT2D eigenvalue weighted by Gasteiger charge is -2.08. The number of unbranched alkanes of at least 4 members (excludes halogenated alkanes) is 1. The van der Waals surface area contributed by atoms with Gasteiger partial charge in [0.25, 0.3) is 0 Å². The Morgan fingerprint density at radius 1 is 1.35 bits per heavy atom. The highest BCUT2D eigenvalue weighted by Crippen LogP contribution is 2.39.